The standard InChI is InChI=1S/2C17H25NO.2ClH.Ti/c2*1-17(2,3)15-11-7-8-13(16(15)19)12-18-14-9-5-4-6-10-14;;;/h2*7-8,11-12,14,19H,4-6,9-10H2,1-3H3;2*1H;/q;;;;+4/p-4. The quantitative estimate of drug-likeness (QED) is 0.379. The molecule has 224 valence electrons. The third-order valence-corrected chi connectivity index (χ3v) is 7.71. The van der Waals surface area contributed by atoms with Gasteiger partial charge in [-0.05, 0) is 58.8 Å². The number of benzene rings is 2. The van der Waals surface area contributed by atoms with Crippen LogP contribution in [0.1, 0.15) is 128 Å². The van der Waals surface area contributed by atoms with Gasteiger partial charge in [-0.15, -0.1) is 0 Å². The van der Waals surface area contributed by atoms with Crippen LogP contribution in [0.3, 0.4) is 0 Å². The minimum absolute atomic E-state index is 0. The molecular weight excluding hydrogens is 587 g/mol. The molecule has 0 bridgehead atoms. The summed E-state index contributed by atoms with van der Waals surface area (Å²) >= 11 is 0. The molecule has 0 radical (unpaired) electrons. The minimum Gasteiger partial charge on any atom is -1.00 e. The van der Waals surface area contributed by atoms with Gasteiger partial charge in [0.2, 0.25) is 0 Å². The molecule has 0 heterocycles. The number of nitrogens with zero attached hydrogens (tertiary/aromatic N) is 2. The fraction of sp³-hybridized carbons (Fsp3) is 0.588. The first-order valence-electron chi connectivity index (χ1n) is 14.6. The van der Waals surface area contributed by atoms with Crippen LogP contribution in [0.5, 0.6) is 11.5 Å². The van der Waals surface area contributed by atoms with Gasteiger partial charge in [0.25, 0.3) is 0 Å². The Kier molecular flexibility index (Phi) is 17.8. The largest absolute Gasteiger partial charge is 4.00 e. The van der Waals surface area contributed by atoms with Gasteiger partial charge in [-0.2, -0.15) is 0 Å². The summed E-state index contributed by atoms with van der Waals surface area (Å²) in [5, 5.41) is 24.8. The average molecular weight is 636 g/mol. The molecule has 2 fully saturated rings. The minimum atomic E-state index is -0.105. The van der Waals surface area contributed by atoms with Crippen LogP contribution >= 0.6 is 0 Å². The van der Waals surface area contributed by atoms with Crippen LogP contribution in [0, 0.1) is 0 Å². The van der Waals surface area contributed by atoms with Gasteiger partial charge in [-0.25, -0.2) is 0 Å². The van der Waals surface area contributed by atoms with Gasteiger partial charge in [-0.1, -0.05) is 128 Å². The molecule has 0 N–H and O–H groups in total. The van der Waals surface area contributed by atoms with Gasteiger partial charge in [0.1, 0.15) is 0 Å². The number of halogens is 2. The van der Waals surface area contributed by atoms with E-state index in [1.54, 1.807) is 12.4 Å². The molecule has 0 aliphatic heterocycles. The maximum Gasteiger partial charge on any atom is 4.00 e. The molecule has 2 saturated carbocycles. The molecule has 2 aromatic carbocycles. The fourth-order valence-electron chi connectivity index (χ4n) is 5.33. The van der Waals surface area contributed by atoms with Gasteiger partial charge < -0.3 is 35.0 Å². The van der Waals surface area contributed by atoms with Crippen molar-refractivity contribution in [2.24, 2.45) is 9.98 Å². The zero-order valence-corrected chi connectivity index (χ0v) is 28.9. The Morgan fingerprint density at radius 3 is 1.20 bits per heavy atom. The van der Waals surface area contributed by atoms with Gasteiger partial charge in [0, 0.05) is 24.5 Å². The Labute approximate surface area is 276 Å². The van der Waals surface area contributed by atoms with E-state index in [1.807, 2.05) is 36.4 Å². The number of rotatable bonds is 4. The third-order valence-electron chi connectivity index (χ3n) is 7.71. The molecule has 0 saturated heterocycles. The first-order chi connectivity index (χ1) is 18.0. The third kappa shape index (κ3) is 12.4. The van der Waals surface area contributed by atoms with Crippen molar-refractivity contribution >= 4 is 12.4 Å². The Morgan fingerprint density at radius 2 is 0.902 bits per heavy atom. The van der Waals surface area contributed by atoms with Crippen molar-refractivity contribution in [3.63, 3.8) is 0 Å². The molecular formula is C34H48Cl2N2O2Ti. The van der Waals surface area contributed by atoms with E-state index in [0.29, 0.717) is 12.1 Å². The van der Waals surface area contributed by atoms with E-state index < -0.39 is 0 Å². The summed E-state index contributed by atoms with van der Waals surface area (Å²) in [6.45, 7) is 12.5. The molecule has 0 atom stereocenters. The van der Waals surface area contributed by atoms with Crippen LogP contribution in [0.2, 0.25) is 0 Å². The predicted molar refractivity (Wildman–Crippen MR) is 158 cm³/mol. The van der Waals surface area contributed by atoms with E-state index >= 15 is 0 Å². The van der Waals surface area contributed by atoms with Crippen molar-refractivity contribution in [3.8, 4) is 11.5 Å². The molecule has 41 heavy (non-hydrogen) atoms. The number of hydrogen-bond acceptors (Lipinski definition) is 4. The topological polar surface area (TPSA) is 70.8 Å². The predicted octanol–water partition coefficient (Wildman–Crippen LogP) is 1.62. The van der Waals surface area contributed by atoms with E-state index in [-0.39, 0.29) is 68.9 Å². The second kappa shape index (κ2) is 18.4. The van der Waals surface area contributed by atoms with Gasteiger partial charge in [0.05, 0.1) is 0 Å². The summed E-state index contributed by atoms with van der Waals surface area (Å²) in [6, 6.07) is 12.4. The molecule has 0 spiro atoms. The van der Waals surface area contributed by atoms with Crippen molar-refractivity contribution in [1.29, 1.82) is 0 Å². The molecule has 0 unspecified atom stereocenters. The summed E-state index contributed by atoms with van der Waals surface area (Å²) in [7, 11) is 0. The van der Waals surface area contributed by atoms with Crippen LogP contribution in [0.25, 0.3) is 0 Å². The zero-order valence-electron chi connectivity index (χ0n) is 25.8. The van der Waals surface area contributed by atoms with Crippen LogP contribution in [0.4, 0.5) is 0 Å². The smallest absolute Gasteiger partial charge is 1.00 e. The first-order valence-corrected chi connectivity index (χ1v) is 14.6. The van der Waals surface area contributed by atoms with E-state index in [2.05, 4.69) is 51.5 Å². The molecule has 2 aliphatic rings. The Hall–Kier alpha value is -1.33. The Bertz CT molecular complexity index is 1010. The molecule has 4 nitrogen and oxygen atoms in total. The molecule has 2 aliphatic carbocycles. The maximum atomic E-state index is 12.4. The monoisotopic (exact) mass is 634 g/mol. The molecule has 0 aromatic heterocycles. The van der Waals surface area contributed by atoms with Crippen molar-refractivity contribution in [2.75, 3.05) is 0 Å². The normalized spacial score (nSPS) is 16.7. The van der Waals surface area contributed by atoms with Crippen molar-refractivity contribution < 1.29 is 56.7 Å². The zero-order chi connectivity index (χ0) is 27.8. The maximum absolute atomic E-state index is 12.4. The van der Waals surface area contributed by atoms with Crippen molar-refractivity contribution in [1.82, 2.24) is 0 Å². The molecule has 2 aromatic rings. The summed E-state index contributed by atoms with van der Waals surface area (Å²) < 4.78 is 0. The summed E-state index contributed by atoms with van der Waals surface area (Å²) in [6.07, 6.45) is 16.0. The number of para-hydroxylation sites is 2. The second-order valence-corrected chi connectivity index (χ2v) is 13.1. The number of aliphatic imine (C=N–C) groups is 2. The molecule has 4 rings (SSSR count). The SMILES string of the molecule is CC(C)(C)c1cccc(C=NC2CCCCC2)c1[O-].CC(C)(C)c1cccc(C=NC2CCCCC2)c1[O-].[Cl-].[Cl-].[Ti+4]. The summed E-state index contributed by atoms with van der Waals surface area (Å²) in [4.78, 5) is 9.22. The van der Waals surface area contributed by atoms with Crippen LogP contribution < -0.4 is 35.0 Å². The van der Waals surface area contributed by atoms with Crippen LogP contribution in [0.15, 0.2) is 46.4 Å². The second-order valence-electron chi connectivity index (χ2n) is 13.1. The summed E-state index contributed by atoms with van der Waals surface area (Å²) in [5.74, 6) is 0.268. The molecule has 0 amide bonds. The summed E-state index contributed by atoms with van der Waals surface area (Å²) in [5.41, 5.74) is 3.01. The first kappa shape index (κ1) is 39.7. The Balaban J connectivity index is 0.000000727. The molecule has 7 heteroatoms. The van der Waals surface area contributed by atoms with Gasteiger partial charge >= 0.3 is 21.7 Å². The number of hydrogen-bond donors (Lipinski definition) is 0. The fourth-order valence-corrected chi connectivity index (χ4v) is 5.33. The Morgan fingerprint density at radius 1 is 0.585 bits per heavy atom. The van der Waals surface area contributed by atoms with Gasteiger partial charge in [0.15, 0.2) is 0 Å². The van der Waals surface area contributed by atoms with Crippen LogP contribution in [-0.4, -0.2) is 24.5 Å². The van der Waals surface area contributed by atoms with Gasteiger partial charge in [-0.3, -0.25) is 9.98 Å². The average Bonchev–Trinajstić information content (AvgIpc) is 2.88. The van der Waals surface area contributed by atoms with E-state index in [9.17, 15) is 10.2 Å². The van der Waals surface area contributed by atoms with E-state index in [1.165, 1.54) is 64.2 Å². The van der Waals surface area contributed by atoms with E-state index in [4.69, 9.17) is 0 Å². The van der Waals surface area contributed by atoms with Crippen molar-refractivity contribution in [2.45, 2.75) is 129 Å². The van der Waals surface area contributed by atoms with Crippen molar-refractivity contribution in [3.05, 3.63) is 58.7 Å². The van der Waals surface area contributed by atoms with E-state index in [0.717, 1.165) is 22.3 Å². The van der Waals surface area contributed by atoms with Crippen LogP contribution in [-0.2, 0) is 32.5 Å².